The lowest BCUT2D eigenvalue weighted by Crippen LogP contribution is -2.51. The van der Waals surface area contributed by atoms with Crippen LogP contribution in [0.15, 0.2) is 0 Å². The molecule has 19 heteroatoms. The highest BCUT2D eigenvalue weighted by Crippen LogP contribution is 2.41. The van der Waals surface area contributed by atoms with E-state index in [9.17, 15) is 36.3 Å². The molecule has 2 fully saturated rings. The van der Waals surface area contributed by atoms with Gasteiger partial charge in [-0.25, -0.2) is 0 Å². The summed E-state index contributed by atoms with van der Waals surface area (Å²) >= 11 is 0. The number of carbonyl (C=O) groups excluding carboxylic acids is 2. The van der Waals surface area contributed by atoms with Crippen LogP contribution in [0.4, 0.5) is 13.2 Å². The Morgan fingerprint density at radius 2 is 1.13 bits per heavy atom. The molecule has 0 saturated carbocycles. The Balaban J connectivity index is 0.000000807. The van der Waals surface area contributed by atoms with Crippen molar-refractivity contribution in [2.24, 2.45) is 11.8 Å². The van der Waals surface area contributed by atoms with Crippen molar-refractivity contribution in [3.63, 3.8) is 0 Å². The van der Waals surface area contributed by atoms with E-state index in [1.165, 1.54) is 13.1 Å². The van der Waals surface area contributed by atoms with E-state index in [0.717, 1.165) is 0 Å². The van der Waals surface area contributed by atoms with Gasteiger partial charge < -0.3 is 41.8 Å². The molecule has 6 atom stereocenters. The lowest BCUT2D eigenvalue weighted by atomic mass is 10.0. The van der Waals surface area contributed by atoms with Crippen molar-refractivity contribution < 1.29 is 73.0 Å². The number of carbonyl (C=O) groups is 2. The van der Waals surface area contributed by atoms with E-state index in [-0.39, 0.29) is 29.8 Å². The highest BCUT2D eigenvalue weighted by molar-refractivity contribution is 7.88. The first kappa shape index (κ1) is 52.8. The summed E-state index contributed by atoms with van der Waals surface area (Å²) in [6.45, 7) is 34.5. The van der Waals surface area contributed by atoms with E-state index < -0.39 is 78.9 Å². The van der Waals surface area contributed by atoms with Crippen molar-refractivity contribution in [1.82, 2.24) is 0 Å². The highest BCUT2D eigenvalue weighted by atomic mass is 32.2. The largest absolute Gasteiger partial charge is 0.522 e. The van der Waals surface area contributed by atoms with Gasteiger partial charge >= 0.3 is 27.6 Å². The van der Waals surface area contributed by atoms with E-state index in [0.29, 0.717) is 19.8 Å². The Hall–Kier alpha value is -1.17. The van der Waals surface area contributed by atoms with Crippen molar-refractivity contribution in [3.8, 4) is 0 Å². The van der Waals surface area contributed by atoms with Gasteiger partial charge in [-0.3, -0.25) is 9.59 Å². The van der Waals surface area contributed by atoms with Crippen LogP contribution in [0.1, 0.15) is 96.9 Å². The number of halogens is 3. The molecule has 0 spiro atoms. The highest BCUT2D eigenvalue weighted by Gasteiger charge is 2.53. The number of esters is 2. The maximum absolute atomic E-state index is 12.3. The van der Waals surface area contributed by atoms with Crippen molar-refractivity contribution >= 4 is 38.7 Å². The van der Waals surface area contributed by atoms with Crippen LogP contribution in [-0.4, -0.2) is 110 Å². The van der Waals surface area contributed by atoms with Crippen LogP contribution in [0, 0.1) is 11.8 Å². The average molecular weight is 843 g/mol. The lowest BCUT2D eigenvalue weighted by Gasteiger charge is -2.41. The van der Waals surface area contributed by atoms with Crippen LogP contribution >= 0.6 is 0 Å². The van der Waals surface area contributed by atoms with E-state index >= 15 is 0 Å². The summed E-state index contributed by atoms with van der Waals surface area (Å²) in [5.74, 6) is -3.00. The third-order valence-electron chi connectivity index (χ3n) is 9.77. The number of hydrogen-bond acceptors (Lipinski definition) is 13. The summed E-state index contributed by atoms with van der Waals surface area (Å²) in [5, 5.41) is 9.40. The number of ether oxygens (including phenoxy) is 6. The van der Waals surface area contributed by atoms with Gasteiger partial charge in [-0.2, -0.15) is 21.6 Å². The maximum atomic E-state index is 12.3. The fourth-order valence-corrected chi connectivity index (χ4v) is 9.33. The molecule has 2 heterocycles. The Morgan fingerprint density at radius 3 is 1.44 bits per heavy atom. The van der Waals surface area contributed by atoms with Gasteiger partial charge in [-0.1, -0.05) is 41.5 Å². The summed E-state index contributed by atoms with van der Waals surface area (Å²) < 4.78 is 101. The second-order valence-corrected chi connectivity index (χ2v) is 28.7. The molecule has 0 amide bonds. The predicted molar refractivity (Wildman–Crippen MR) is 203 cm³/mol. The standard InChI is InChI=1S/C17H34O5Si.C11H20O5.C7H15F3O3SSi/c1-10-19-15(18)12(2)14(13-11-20-17(6,7)21-13)22-23(8,9)16(3,4)5;1-5-14-10(13)7(2)9(12)8-6-15-11(3,4)16-8;1-6(2,3)15(4,5)13-14(11,12)7(8,9)10/h12-14H,10-11H2,1-9H3;7-9,12H,5-6H2,1-4H3;1-5H3/t12-,13+,14-;7-,8+,9-;/m00./s1. The average Bonchev–Trinajstić information content (AvgIpc) is 3.53. The SMILES string of the molecule is CC(C)(C)[Si](C)(C)OS(=O)(=O)C(F)(F)F.CCOC(=O)[C@@H](C)[C@H](O)[C@H]1COC(C)(C)O1.CCOC(=O)[C@@H](C)[C@H](O[Si](C)(C)C(C)(C)C)[C@H]1COC(C)(C)O1. The van der Waals surface area contributed by atoms with Crippen LogP contribution < -0.4 is 0 Å². The minimum Gasteiger partial charge on any atom is -0.466 e. The third kappa shape index (κ3) is 16.0. The molecule has 0 aromatic heterocycles. The third-order valence-corrected chi connectivity index (χ3v) is 21.0. The molecule has 322 valence electrons. The van der Waals surface area contributed by atoms with E-state index in [2.05, 4.69) is 37.7 Å². The molecule has 0 aromatic rings. The van der Waals surface area contributed by atoms with Gasteiger partial charge in [0.05, 0.1) is 50.5 Å². The summed E-state index contributed by atoms with van der Waals surface area (Å²) in [4.78, 5) is 23.7. The summed E-state index contributed by atoms with van der Waals surface area (Å²) in [6, 6.07) is 0. The first-order valence-corrected chi connectivity index (χ1v) is 25.5. The minimum absolute atomic E-state index is 0.0502. The van der Waals surface area contributed by atoms with Crippen LogP contribution in [0.2, 0.25) is 36.3 Å². The molecule has 0 aliphatic carbocycles. The number of hydrogen-bond donors (Lipinski definition) is 1. The molecule has 2 rings (SSSR count). The Morgan fingerprint density at radius 1 is 0.759 bits per heavy atom. The van der Waals surface area contributed by atoms with Crippen LogP contribution in [-0.2, 0) is 56.4 Å². The number of alkyl halides is 3. The van der Waals surface area contributed by atoms with Gasteiger partial charge in [-0.05, 0) is 91.7 Å². The van der Waals surface area contributed by atoms with Gasteiger partial charge in [0.1, 0.15) is 12.2 Å². The van der Waals surface area contributed by atoms with Crippen LogP contribution in [0.5, 0.6) is 0 Å². The van der Waals surface area contributed by atoms with Gasteiger partial charge in [0.25, 0.3) is 0 Å². The Labute approximate surface area is 324 Å². The molecule has 0 unspecified atom stereocenters. The lowest BCUT2D eigenvalue weighted by molar-refractivity contribution is -0.167. The van der Waals surface area contributed by atoms with Crippen molar-refractivity contribution in [2.45, 2.75) is 175 Å². The number of aliphatic hydroxyl groups is 1. The van der Waals surface area contributed by atoms with Crippen molar-refractivity contribution in [1.29, 1.82) is 0 Å². The molecule has 54 heavy (non-hydrogen) atoms. The second kappa shape index (κ2) is 19.5. The quantitative estimate of drug-likeness (QED) is 0.119. The van der Waals surface area contributed by atoms with Crippen molar-refractivity contribution in [2.75, 3.05) is 26.4 Å². The normalized spacial score (nSPS) is 22.8. The van der Waals surface area contributed by atoms with Crippen molar-refractivity contribution in [3.05, 3.63) is 0 Å². The predicted octanol–water partition coefficient (Wildman–Crippen LogP) is 7.28. The van der Waals surface area contributed by atoms with Crippen LogP contribution in [0.25, 0.3) is 0 Å². The monoisotopic (exact) mass is 842 g/mol. The van der Waals surface area contributed by atoms with Gasteiger partial charge in [-0.15, -0.1) is 0 Å². The molecular weight excluding hydrogens is 774 g/mol. The van der Waals surface area contributed by atoms with Gasteiger partial charge in [0, 0.05) is 0 Å². The maximum Gasteiger partial charge on any atom is 0.522 e. The Kier molecular flexibility index (Phi) is 19.1. The van der Waals surface area contributed by atoms with Gasteiger partial charge in [0.2, 0.25) is 8.32 Å². The Bertz CT molecular complexity index is 1310. The van der Waals surface area contributed by atoms with E-state index in [1.54, 1.807) is 48.5 Å². The smallest absolute Gasteiger partial charge is 0.466 e. The molecule has 0 aromatic carbocycles. The number of aliphatic hydroxyl groups excluding tert-OH is 1. The number of rotatable bonds is 12. The van der Waals surface area contributed by atoms with Gasteiger partial charge in [0.15, 0.2) is 19.9 Å². The van der Waals surface area contributed by atoms with E-state index in [4.69, 9.17) is 32.8 Å². The fourth-order valence-electron chi connectivity index (χ4n) is 4.37. The molecule has 2 aliphatic rings. The molecular formula is C35H69F3O13SSi2. The molecule has 0 radical (unpaired) electrons. The minimum atomic E-state index is -5.48. The molecule has 0 bridgehead atoms. The fraction of sp³-hybridized carbons (Fsp3) is 0.943. The van der Waals surface area contributed by atoms with Crippen LogP contribution in [0.3, 0.4) is 0 Å². The molecule has 2 saturated heterocycles. The van der Waals surface area contributed by atoms with E-state index in [1.807, 2.05) is 27.7 Å². The summed E-state index contributed by atoms with van der Waals surface area (Å²) in [7, 11) is -10.5. The summed E-state index contributed by atoms with van der Waals surface area (Å²) in [5.41, 5.74) is -5.34. The molecule has 1 N–H and O–H groups in total. The molecule has 2 aliphatic heterocycles. The topological polar surface area (TPSA) is 162 Å². The first-order chi connectivity index (χ1) is 23.9. The zero-order chi connectivity index (χ0) is 43.1. The molecule has 13 nitrogen and oxygen atoms in total. The zero-order valence-electron chi connectivity index (χ0n) is 35.7. The first-order valence-electron chi connectivity index (χ1n) is 18.2. The summed E-state index contributed by atoms with van der Waals surface area (Å²) in [6.07, 6.45) is -2.01. The second-order valence-electron chi connectivity index (χ2n) is 17.4. The zero-order valence-corrected chi connectivity index (χ0v) is 38.5.